The predicted octanol–water partition coefficient (Wildman–Crippen LogP) is 3.58. The summed E-state index contributed by atoms with van der Waals surface area (Å²) in [5, 5.41) is 3.05. The second-order valence-electron chi connectivity index (χ2n) is 5.94. The van der Waals surface area contributed by atoms with Crippen molar-refractivity contribution < 1.29 is 4.79 Å². The van der Waals surface area contributed by atoms with Gasteiger partial charge in [0.05, 0.1) is 0 Å². The Bertz CT molecular complexity index is 425. The number of hydrogen-bond acceptors (Lipinski definition) is 2. The smallest absolute Gasteiger partial charge is 0.220 e. The van der Waals surface area contributed by atoms with Gasteiger partial charge in [0.2, 0.25) is 5.91 Å². The Hall–Kier alpha value is -1.35. The summed E-state index contributed by atoms with van der Waals surface area (Å²) in [5.41, 5.74) is 2.53. The number of hydrogen-bond donors (Lipinski definition) is 1. The van der Waals surface area contributed by atoms with Gasteiger partial charge in [-0.2, -0.15) is 0 Å². The van der Waals surface area contributed by atoms with E-state index >= 15 is 0 Å². The van der Waals surface area contributed by atoms with Crippen molar-refractivity contribution >= 4 is 5.91 Å². The number of amides is 1. The van der Waals surface area contributed by atoms with Crippen LogP contribution in [0.4, 0.5) is 0 Å². The summed E-state index contributed by atoms with van der Waals surface area (Å²) >= 11 is 0. The van der Waals surface area contributed by atoms with Crippen molar-refractivity contribution in [3.8, 4) is 0 Å². The summed E-state index contributed by atoms with van der Waals surface area (Å²) in [5.74, 6) is 0.729. The molecule has 118 valence electrons. The van der Waals surface area contributed by atoms with Gasteiger partial charge < -0.3 is 5.32 Å². The van der Waals surface area contributed by atoms with Crippen LogP contribution in [0.3, 0.4) is 0 Å². The second-order valence-corrected chi connectivity index (χ2v) is 5.94. The lowest BCUT2D eigenvalue weighted by Crippen LogP contribution is -2.26. The van der Waals surface area contributed by atoms with Crippen LogP contribution in [0.25, 0.3) is 0 Å². The van der Waals surface area contributed by atoms with Crippen LogP contribution in [-0.2, 0) is 17.9 Å². The first-order valence-corrected chi connectivity index (χ1v) is 8.12. The van der Waals surface area contributed by atoms with Gasteiger partial charge >= 0.3 is 0 Å². The fraction of sp³-hybridized carbons (Fsp3) is 0.611. The molecular formula is C18H30N2O. The average Bonchev–Trinajstić information content (AvgIpc) is 2.49. The van der Waals surface area contributed by atoms with Crippen molar-refractivity contribution in [3.63, 3.8) is 0 Å². The fourth-order valence-corrected chi connectivity index (χ4v) is 2.27. The Kier molecular flexibility index (Phi) is 8.06. The lowest BCUT2D eigenvalue weighted by atomic mass is 10.1. The van der Waals surface area contributed by atoms with Crippen molar-refractivity contribution in [1.82, 2.24) is 10.2 Å². The average molecular weight is 290 g/mol. The molecule has 0 saturated heterocycles. The van der Waals surface area contributed by atoms with E-state index in [2.05, 4.69) is 56.1 Å². The number of nitrogens with zero attached hydrogens (tertiary/aromatic N) is 1. The number of nitrogens with one attached hydrogen (secondary N) is 1. The molecule has 0 aliphatic heterocycles. The molecule has 21 heavy (non-hydrogen) atoms. The molecule has 1 aromatic carbocycles. The fourth-order valence-electron chi connectivity index (χ4n) is 2.27. The largest absolute Gasteiger partial charge is 0.352 e. The van der Waals surface area contributed by atoms with E-state index in [4.69, 9.17) is 0 Å². The van der Waals surface area contributed by atoms with E-state index in [0.29, 0.717) is 18.9 Å². The van der Waals surface area contributed by atoms with Gasteiger partial charge in [0, 0.05) is 19.5 Å². The van der Waals surface area contributed by atoms with Gasteiger partial charge in [-0.05, 0) is 36.6 Å². The zero-order valence-electron chi connectivity index (χ0n) is 14.0. The Balaban J connectivity index is 2.56. The van der Waals surface area contributed by atoms with Crippen LogP contribution in [-0.4, -0.2) is 23.9 Å². The van der Waals surface area contributed by atoms with E-state index in [1.807, 2.05) is 6.07 Å². The molecule has 0 unspecified atom stereocenters. The molecule has 0 aromatic heterocycles. The van der Waals surface area contributed by atoms with Crippen molar-refractivity contribution in [2.45, 2.75) is 53.6 Å². The molecule has 3 nitrogen and oxygen atoms in total. The summed E-state index contributed by atoms with van der Waals surface area (Å²) in [4.78, 5) is 14.2. The third kappa shape index (κ3) is 6.76. The molecule has 0 fully saturated rings. The lowest BCUT2D eigenvalue weighted by Gasteiger charge is -2.20. The summed E-state index contributed by atoms with van der Waals surface area (Å²) in [7, 11) is 0. The van der Waals surface area contributed by atoms with Crippen LogP contribution in [0.15, 0.2) is 24.3 Å². The first kappa shape index (κ1) is 17.7. The Morgan fingerprint density at radius 2 is 1.76 bits per heavy atom. The van der Waals surface area contributed by atoms with Crippen LogP contribution in [0.5, 0.6) is 0 Å². The number of carbonyl (C=O) groups is 1. The third-order valence-corrected chi connectivity index (χ3v) is 3.83. The zero-order chi connectivity index (χ0) is 15.7. The third-order valence-electron chi connectivity index (χ3n) is 3.83. The minimum absolute atomic E-state index is 0.154. The maximum Gasteiger partial charge on any atom is 0.220 e. The van der Waals surface area contributed by atoms with E-state index in [9.17, 15) is 4.79 Å². The minimum Gasteiger partial charge on any atom is -0.352 e. The zero-order valence-corrected chi connectivity index (χ0v) is 14.0. The van der Waals surface area contributed by atoms with Crippen LogP contribution in [0.2, 0.25) is 0 Å². The molecule has 1 rings (SSSR count). The summed E-state index contributed by atoms with van der Waals surface area (Å²) in [6, 6.07) is 8.39. The normalized spacial score (nSPS) is 11.1. The van der Waals surface area contributed by atoms with Gasteiger partial charge in [-0.3, -0.25) is 9.69 Å². The monoisotopic (exact) mass is 290 g/mol. The van der Waals surface area contributed by atoms with Crippen LogP contribution < -0.4 is 5.32 Å². The molecule has 0 bridgehead atoms. The Morgan fingerprint density at radius 1 is 1.14 bits per heavy atom. The molecule has 0 saturated carbocycles. The Labute approximate surface area is 129 Å². The van der Waals surface area contributed by atoms with Crippen LogP contribution in [0, 0.1) is 5.92 Å². The molecular weight excluding hydrogens is 260 g/mol. The van der Waals surface area contributed by atoms with Gasteiger partial charge in [-0.1, -0.05) is 52.0 Å². The van der Waals surface area contributed by atoms with E-state index in [-0.39, 0.29) is 5.91 Å². The van der Waals surface area contributed by atoms with Gasteiger partial charge in [0.25, 0.3) is 0 Å². The first-order valence-electron chi connectivity index (χ1n) is 8.12. The highest BCUT2D eigenvalue weighted by Gasteiger charge is 2.08. The molecule has 1 aromatic rings. The molecule has 3 heteroatoms. The summed E-state index contributed by atoms with van der Waals surface area (Å²) < 4.78 is 0. The van der Waals surface area contributed by atoms with Gasteiger partial charge in [-0.25, -0.2) is 0 Å². The number of rotatable bonds is 9. The SMILES string of the molecule is CCN(CC)Cc1ccccc1CNC(=O)CCC(C)C. The molecule has 0 atom stereocenters. The highest BCUT2D eigenvalue weighted by atomic mass is 16.1. The maximum atomic E-state index is 11.8. The summed E-state index contributed by atoms with van der Waals surface area (Å²) in [6.07, 6.45) is 1.57. The van der Waals surface area contributed by atoms with Crippen LogP contribution >= 0.6 is 0 Å². The molecule has 0 spiro atoms. The van der Waals surface area contributed by atoms with E-state index < -0.39 is 0 Å². The molecule has 0 heterocycles. The second kappa shape index (κ2) is 9.56. The standard InChI is InChI=1S/C18H30N2O/c1-5-20(6-2)14-17-10-8-7-9-16(17)13-19-18(21)12-11-15(3)4/h7-10,15H,5-6,11-14H2,1-4H3,(H,19,21). The summed E-state index contributed by atoms with van der Waals surface area (Å²) in [6.45, 7) is 12.3. The van der Waals surface area contributed by atoms with Crippen LogP contribution in [0.1, 0.15) is 51.7 Å². The quantitative estimate of drug-likeness (QED) is 0.754. The Morgan fingerprint density at radius 3 is 2.33 bits per heavy atom. The lowest BCUT2D eigenvalue weighted by molar-refractivity contribution is -0.121. The van der Waals surface area contributed by atoms with Gasteiger partial charge in [0.15, 0.2) is 0 Å². The predicted molar refractivity (Wildman–Crippen MR) is 89.0 cm³/mol. The van der Waals surface area contributed by atoms with E-state index in [1.54, 1.807) is 0 Å². The van der Waals surface area contributed by atoms with E-state index in [0.717, 1.165) is 26.1 Å². The molecule has 1 N–H and O–H groups in total. The van der Waals surface area contributed by atoms with Gasteiger partial charge in [0.1, 0.15) is 0 Å². The number of benzene rings is 1. The highest BCUT2D eigenvalue weighted by Crippen LogP contribution is 2.12. The van der Waals surface area contributed by atoms with Crippen molar-refractivity contribution in [1.29, 1.82) is 0 Å². The minimum atomic E-state index is 0.154. The van der Waals surface area contributed by atoms with Crippen molar-refractivity contribution in [3.05, 3.63) is 35.4 Å². The topological polar surface area (TPSA) is 32.3 Å². The molecule has 1 amide bonds. The van der Waals surface area contributed by atoms with E-state index in [1.165, 1.54) is 11.1 Å². The molecule has 0 radical (unpaired) electrons. The van der Waals surface area contributed by atoms with Crippen molar-refractivity contribution in [2.75, 3.05) is 13.1 Å². The highest BCUT2D eigenvalue weighted by molar-refractivity contribution is 5.75. The molecule has 0 aliphatic rings. The van der Waals surface area contributed by atoms with Gasteiger partial charge in [-0.15, -0.1) is 0 Å². The molecule has 0 aliphatic carbocycles. The van der Waals surface area contributed by atoms with Crippen molar-refractivity contribution in [2.24, 2.45) is 5.92 Å². The number of carbonyl (C=O) groups excluding carboxylic acids is 1. The maximum absolute atomic E-state index is 11.8. The first-order chi connectivity index (χ1) is 10.1.